The second kappa shape index (κ2) is 12.6. The van der Waals surface area contributed by atoms with Gasteiger partial charge < -0.3 is 29.0 Å². The highest BCUT2D eigenvalue weighted by atomic mass is 16.5. The van der Waals surface area contributed by atoms with Crippen LogP contribution in [0.15, 0.2) is 42.0 Å². The molecule has 2 aromatic rings. The van der Waals surface area contributed by atoms with E-state index >= 15 is 0 Å². The molecule has 0 aromatic heterocycles. The largest absolute Gasteiger partial charge is 0.507 e. The SMILES string of the molecule is CCOc1cc(C2/C(=C(\O)c3ccc(OC)c(C(C)(C)C)c3)C(=O)C(=O)N2CCCOC(C)C)ccc1OC. The number of methoxy groups -OCH3 is 2. The Morgan fingerprint density at radius 3 is 2.26 bits per heavy atom. The monoisotopic (exact) mass is 539 g/mol. The lowest BCUT2D eigenvalue weighted by atomic mass is 9.84. The fourth-order valence-corrected chi connectivity index (χ4v) is 4.74. The number of carbonyl (C=O) groups excluding carboxylic acids is 2. The van der Waals surface area contributed by atoms with E-state index in [1.807, 2.05) is 47.6 Å². The predicted molar refractivity (Wildman–Crippen MR) is 151 cm³/mol. The van der Waals surface area contributed by atoms with Crippen LogP contribution in [0.5, 0.6) is 17.2 Å². The lowest BCUT2D eigenvalue weighted by molar-refractivity contribution is -0.140. The van der Waals surface area contributed by atoms with Crippen LogP contribution in [0.3, 0.4) is 0 Å². The summed E-state index contributed by atoms with van der Waals surface area (Å²) in [5.41, 5.74) is 1.68. The molecule has 1 amide bonds. The maximum atomic E-state index is 13.5. The molecular formula is C31H41NO7. The van der Waals surface area contributed by atoms with Crippen LogP contribution in [-0.4, -0.2) is 61.8 Å². The van der Waals surface area contributed by atoms with Gasteiger partial charge in [0.1, 0.15) is 11.5 Å². The molecule has 1 fully saturated rings. The number of aliphatic hydroxyl groups excluding tert-OH is 1. The van der Waals surface area contributed by atoms with Crippen LogP contribution in [0, 0.1) is 0 Å². The third-order valence-electron chi connectivity index (χ3n) is 6.62. The van der Waals surface area contributed by atoms with Crippen LogP contribution in [0.1, 0.15) is 70.7 Å². The standard InChI is InChI=1S/C31H41NO7/c1-9-38-25-18-20(11-14-24(25)37-8)27-26(29(34)30(35)32(27)15-10-16-39-19(2)3)28(33)21-12-13-23(36-7)22(17-21)31(4,5)6/h11-14,17-19,27,33H,9-10,15-16H2,1-8H3/b28-26+. The fraction of sp³-hybridized carbons (Fsp3) is 0.484. The van der Waals surface area contributed by atoms with E-state index in [4.69, 9.17) is 18.9 Å². The smallest absolute Gasteiger partial charge is 0.295 e. The van der Waals surface area contributed by atoms with E-state index in [9.17, 15) is 14.7 Å². The normalized spacial score (nSPS) is 17.2. The molecule has 2 aromatic carbocycles. The summed E-state index contributed by atoms with van der Waals surface area (Å²) in [5, 5.41) is 11.6. The number of ketones is 1. The number of carbonyl (C=O) groups is 2. The van der Waals surface area contributed by atoms with Gasteiger partial charge in [0.25, 0.3) is 11.7 Å². The third kappa shape index (κ3) is 6.56. The first kappa shape index (κ1) is 30.0. The summed E-state index contributed by atoms with van der Waals surface area (Å²) < 4.78 is 22.4. The summed E-state index contributed by atoms with van der Waals surface area (Å²) in [5.74, 6) is 0.0751. The van der Waals surface area contributed by atoms with E-state index in [2.05, 4.69) is 0 Å². The highest BCUT2D eigenvalue weighted by Gasteiger charge is 2.46. The highest BCUT2D eigenvalue weighted by Crippen LogP contribution is 2.43. The van der Waals surface area contributed by atoms with Gasteiger partial charge in [0, 0.05) is 24.3 Å². The Hall–Kier alpha value is -3.52. The van der Waals surface area contributed by atoms with Crippen LogP contribution < -0.4 is 14.2 Å². The number of hydrogen-bond donors (Lipinski definition) is 1. The van der Waals surface area contributed by atoms with Crippen molar-refractivity contribution < 1.29 is 33.6 Å². The zero-order valence-electron chi connectivity index (χ0n) is 24.3. The number of Topliss-reactive ketones (excluding diaryl/α,β-unsaturated/α-hetero) is 1. The molecule has 1 heterocycles. The number of nitrogens with zero attached hydrogens (tertiary/aromatic N) is 1. The first-order valence-corrected chi connectivity index (χ1v) is 13.3. The van der Waals surface area contributed by atoms with Gasteiger partial charge in [-0.1, -0.05) is 26.8 Å². The second-order valence-corrected chi connectivity index (χ2v) is 10.8. The Kier molecular flexibility index (Phi) is 9.67. The summed E-state index contributed by atoms with van der Waals surface area (Å²) in [6.07, 6.45) is 0.589. The molecule has 1 aliphatic rings. The molecule has 1 atom stereocenters. The zero-order valence-corrected chi connectivity index (χ0v) is 24.3. The van der Waals surface area contributed by atoms with Crippen molar-refractivity contribution in [3.63, 3.8) is 0 Å². The molecule has 3 rings (SSSR count). The third-order valence-corrected chi connectivity index (χ3v) is 6.62. The van der Waals surface area contributed by atoms with Crippen LogP contribution in [-0.2, 0) is 19.7 Å². The number of aliphatic hydroxyl groups is 1. The minimum absolute atomic E-state index is 0.0300. The molecular weight excluding hydrogens is 498 g/mol. The zero-order chi connectivity index (χ0) is 28.9. The molecule has 0 aliphatic carbocycles. The van der Waals surface area contributed by atoms with Crippen molar-refractivity contribution in [3.05, 3.63) is 58.7 Å². The van der Waals surface area contributed by atoms with Crippen molar-refractivity contribution >= 4 is 17.4 Å². The molecule has 0 radical (unpaired) electrons. The molecule has 1 unspecified atom stereocenters. The van der Waals surface area contributed by atoms with Gasteiger partial charge in [0.2, 0.25) is 0 Å². The lowest BCUT2D eigenvalue weighted by Crippen LogP contribution is -2.31. The van der Waals surface area contributed by atoms with E-state index in [0.717, 1.165) is 5.56 Å². The van der Waals surface area contributed by atoms with Crippen LogP contribution in [0.4, 0.5) is 0 Å². The van der Waals surface area contributed by atoms with E-state index < -0.39 is 17.7 Å². The molecule has 0 spiro atoms. The highest BCUT2D eigenvalue weighted by molar-refractivity contribution is 6.46. The van der Waals surface area contributed by atoms with Crippen molar-refractivity contribution in [1.29, 1.82) is 0 Å². The number of likely N-dealkylation sites (tertiary alicyclic amines) is 1. The quantitative estimate of drug-likeness (QED) is 0.171. The molecule has 1 aliphatic heterocycles. The van der Waals surface area contributed by atoms with Crippen molar-refractivity contribution in [2.75, 3.05) is 34.0 Å². The molecule has 8 heteroatoms. The summed E-state index contributed by atoms with van der Waals surface area (Å²) in [6.45, 7) is 13.0. The van der Waals surface area contributed by atoms with E-state index in [-0.39, 0.29) is 29.4 Å². The molecule has 1 N–H and O–H groups in total. The van der Waals surface area contributed by atoms with Crippen molar-refractivity contribution in [2.24, 2.45) is 0 Å². The van der Waals surface area contributed by atoms with Crippen LogP contribution in [0.2, 0.25) is 0 Å². The number of ether oxygens (including phenoxy) is 4. The molecule has 1 saturated heterocycles. The minimum atomic E-state index is -0.811. The van der Waals surface area contributed by atoms with Gasteiger partial charge in [-0.25, -0.2) is 0 Å². The van der Waals surface area contributed by atoms with E-state index in [1.54, 1.807) is 44.6 Å². The molecule has 0 saturated carbocycles. The van der Waals surface area contributed by atoms with Gasteiger partial charge in [-0.05, 0) is 68.5 Å². The Labute approximate surface area is 231 Å². The van der Waals surface area contributed by atoms with Crippen LogP contribution >= 0.6 is 0 Å². The van der Waals surface area contributed by atoms with E-state index in [0.29, 0.717) is 48.0 Å². The first-order valence-electron chi connectivity index (χ1n) is 13.3. The van der Waals surface area contributed by atoms with Gasteiger partial charge in [-0.2, -0.15) is 0 Å². The van der Waals surface area contributed by atoms with Crippen molar-refractivity contribution in [1.82, 2.24) is 4.90 Å². The van der Waals surface area contributed by atoms with Crippen molar-refractivity contribution in [3.8, 4) is 17.2 Å². The topological polar surface area (TPSA) is 94.5 Å². The Bertz CT molecular complexity index is 1230. The summed E-state index contributed by atoms with van der Waals surface area (Å²) in [7, 11) is 3.15. The number of rotatable bonds is 11. The average molecular weight is 540 g/mol. The van der Waals surface area contributed by atoms with Crippen molar-refractivity contribution in [2.45, 2.75) is 65.5 Å². The molecule has 39 heavy (non-hydrogen) atoms. The Balaban J connectivity index is 2.18. The van der Waals surface area contributed by atoms with Gasteiger partial charge >= 0.3 is 0 Å². The van der Waals surface area contributed by atoms with E-state index in [1.165, 1.54) is 4.90 Å². The number of benzene rings is 2. The Morgan fingerprint density at radius 2 is 1.67 bits per heavy atom. The summed E-state index contributed by atoms with van der Waals surface area (Å²) in [4.78, 5) is 28.3. The van der Waals surface area contributed by atoms with Crippen LogP contribution in [0.25, 0.3) is 5.76 Å². The number of hydrogen-bond acceptors (Lipinski definition) is 7. The molecule has 212 valence electrons. The van der Waals surface area contributed by atoms with Gasteiger partial charge in [-0.15, -0.1) is 0 Å². The second-order valence-electron chi connectivity index (χ2n) is 10.8. The predicted octanol–water partition coefficient (Wildman–Crippen LogP) is 5.64. The maximum absolute atomic E-state index is 13.5. The summed E-state index contributed by atoms with van der Waals surface area (Å²) in [6, 6.07) is 9.77. The fourth-order valence-electron chi connectivity index (χ4n) is 4.74. The van der Waals surface area contributed by atoms with Gasteiger partial charge in [0.05, 0.1) is 38.5 Å². The maximum Gasteiger partial charge on any atom is 0.295 e. The summed E-state index contributed by atoms with van der Waals surface area (Å²) >= 11 is 0. The molecule has 0 bridgehead atoms. The minimum Gasteiger partial charge on any atom is -0.507 e. The average Bonchev–Trinajstić information content (AvgIpc) is 3.14. The van der Waals surface area contributed by atoms with Gasteiger partial charge in [0.15, 0.2) is 11.5 Å². The molecule has 8 nitrogen and oxygen atoms in total. The first-order chi connectivity index (χ1) is 18.4. The number of amides is 1. The Morgan fingerprint density at radius 1 is 1.00 bits per heavy atom. The lowest BCUT2D eigenvalue weighted by Gasteiger charge is -2.26. The van der Waals surface area contributed by atoms with Gasteiger partial charge in [-0.3, -0.25) is 9.59 Å².